The molecule has 0 radical (unpaired) electrons. The van der Waals surface area contributed by atoms with Crippen molar-refractivity contribution < 1.29 is 19.7 Å². The van der Waals surface area contributed by atoms with Crippen LogP contribution >= 0.6 is 0 Å². The van der Waals surface area contributed by atoms with Crippen molar-refractivity contribution in [2.24, 2.45) is 45.8 Å². The van der Waals surface area contributed by atoms with Gasteiger partial charge in [0.1, 0.15) is 6.10 Å². The van der Waals surface area contributed by atoms with Gasteiger partial charge in [0, 0.05) is 5.57 Å². The van der Waals surface area contributed by atoms with E-state index in [1.165, 1.54) is 24.0 Å². The lowest BCUT2D eigenvalue weighted by Crippen LogP contribution is -2.65. The average Bonchev–Trinajstić information content (AvgIpc) is 3.24. The molecule has 4 aliphatic carbocycles. The summed E-state index contributed by atoms with van der Waals surface area (Å²) >= 11 is 0. The predicted molar refractivity (Wildman–Crippen MR) is 185 cm³/mol. The molecule has 1 aromatic carbocycles. The average molecular weight is 615 g/mol. The van der Waals surface area contributed by atoms with Crippen LogP contribution in [0, 0.1) is 45.8 Å². The van der Waals surface area contributed by atoms with Gasteiger partial charge in [0.05, 0.1) is 11.9 Å². The van der Waals surface area contributed by atoms with E-state index in [2.05, 4.69) is 85.9 Å². The normalized spacial score (nSPS) is 40.0. The highest BCUT2D eigenvalue weighted by atomic mass is 16.5. The first kappa shape index (κ1) is 33.8. The fraction of sp³-hybridized carbons (Fsp3) is 0.634. The fourth-order valence-electron chi connectivity index (χ4n) is 11.3. The molecule has 246 valence electrons. The van der Waals surface area contributed by atoms with Crippen molar-refractivity contribution in [2.45, 2.75) is 119 Å². The van der Waals surface area contributed by atoms with E-state index in [9.17, 15) is 15.0 Å². The van der Waals surface area contributed by atoms with E-state index in [1.54, 1.807) is 0 Å². The van der Waals surface area contributed by atoms with Gasteiger partial charge in [-0.25, -0.2) is 4.79 Å². The van der Waals surface area contributed by atoms with Crippen LogP contribution in [-0.4, -0.2) is 28.4 Å². The zero-order valence-corrected chi connectivity index (χ0v) is 29.2. The van der Waals surface area contributed by atoms with Crippen molar-refractivity contribution >= 4 is 17.6 Å². The molecule has 0 aliphatic heterocycles. The summed E-state index contributed by atoms with van der Waals surface area (Å²) in [5.74, 6) is 1.87. The van der Waals surface area contributed by atoms with Gasteiger partial charge in [-0.15, -0.1) is 0 Å². The van der Waals surface area contributed by atoms with Gasteiger partial charge < -0.3 is 14.9 Å². The van der Waals surface area contributed by atoms with E-state index >= 15 is 0 Å². The number of allylic oxidation sites excluding steroid dienone is 3. The van der Waals surface area contributed by atoms with Crippen molar-refractivity contribution in [1.29, 1.82) is 0 Å². The van der Waals surface area contributed by atoms with Gasteiger partial charge in [-0.3, -0.25) is 0 Å². The molecule has 4 fully saturated rings. The maximum absolute atomic E-state index is 13.2. The lowest BCUT2D eigenvalue weighted by Gasteiger charge is -2.69. The Bertz CT molecular complexity index is 1390. The number of carbonyl (C=O) groups is 1. The maximum atomic E-state index is 13.2. The van der Waals surface area contributed by atoms with Crippen molar-refractivity contribution in [3.63, 3.8) is 0 Å². The zero-order chi connectivity index (χ0) is 33.1. The van der Waals surface area contributed by atoms with Crippen molar-refractivity contribution in [1.82, 2.24) is 0 Å². The van der Waals surface area contributed by atoms with Crippen LogP contribution in [0.15, 0.2) is 59.9 Å². The number of fused-ring (bicyclic) bond motifs is 5. The number of hydrogen-bond acceptors (Lipinski definition) is 3. The van der Waals surface area contributed by atoms with E-state index < -0.39 is 12.1 Å². The largest absolute Gasteiger partial charge is 0.491 e. The van der Waals surface area contributed by atoms with Gasteiger partial charge in [-0.05, 0) is 140 Å². The number of hydrogen-bond donors (Lipinski definition) is 2. The summed E-state index contributed by atoms with van der Waals surface area (Å²) in [5.41, 5.74) is 5.67. The minimum atomic E-state index is -0.868. The number of benzene rings is 1. The molecule has 2 N–H and O–H groups in total. The second kappa shape index (κ2) is 12.2. The number of aliphatic hydroxyl groups is 1. The Morgan fingerprint density at radius 2 is 1.69 bits per heavy atom. The number of ether oxygens (including phenoxy) is 1. The third-order valence-corrected chi connectivity index (χ3v) is 13.8. The third-order valence-electron chi connectivity index (χ3n) is 13.8. The summed E-state index contributed by atoms with van der Waals surface area (Å²) in [4.78, 5) is 13.2. The Morgan fingerprint density at radius 3 is 2.27 bits per heavy atom. The first-order chi connectivity index (χ1) is 21.1. The summed E-state index contributed by atoms with van der Waals surface area (Å²) in [6, 6.07) is 8.33. The Morgan fingerprint density at radius 1 is 1.02 bits per heavy atom. The van der Waals surface area contributed by atoms with Gasteiger partial charge in [-0.1, -0.05) is 83.7 Å². The van der Waals surface area contributed by atoms with Crippen LogP contribution in [0.5, 0.6) is 0 Å². The second-order valence-corrected chi connectivity index (χ2v) is 16.3. The van der Waals surface area contributed by atoms with E-state index in [1.807, 2.05) is 13.0 Å². The van der Waals surface area contributed by atoms with Crippen molar-refractivity contribution in [3.05, 3.63) is 71.0 Å². The number of aliphatic hydroxyl groups excluding tert-OH is 1. The number of carboxylic acid groups (broad SMARTS) is 1. The molecule has 1 unspecified atom stereocenters. The molecule has 4 saturated carbocycles. The number of carboxylic acids is 1. The van der Waals surface area contributed by atoms with E-state index in [0.29, 0.717) is 42.4 Å². The molecule has 0 aromatic heterocycles. The molecule has 0 spiro atoms. The monoisotopic (exact) mass is 614 g/mol. The van der Waals surface area contributed by atoms with E-state index in [4.69, 9.17) is 4.74 Å². The SMILES string of the molecule is C=Cc1ccc(C(CC/C(C(=O)O)=C2\C(OC(=C)C)C[C@@]3(C)[C@H]2C[C@@H](O)[C@H]2[C@@]4(C)CC[C@@H](C)[C@H](C)[C@@H]4CC[C@@]23C)=C(C)C)cc1. The highest BCUT2D eigenvalue weighted by Gasteiger charge is 2.70. The van der Waals surface area contributed by atoms with Crippen LogP contribution in [0.25, 0.3) is 11.6 Å². The molecular formula is C41H58O4. The van der Waals surface area contributed by atoms with Crippen LogP contribution in [0.1, 0.15) is 118 Å². The van der Waals surface area contributed by atoms with Crippen molar-refractivity contribution in [3.8, 4) is 0 Å². The van der Waals surface area contributed by atoms with Crippen LogP contribution in [-0.2, 0) is 9.53 Å². The maximum Gasteiger partial charge on any atom is 0.331 e. The standard InChI is InChI=1S/C41H58O4/c1-11-28-12-14-29(15-13-28)30(24(2)3)16-17-31(38(43)44)36-33-22-34(42)37-39(8)20-18-26(6)27(7)32(39)19-21-40(37,9)41(33,10)23-35(36)45-25(4)5/h11-15,26-27,32-35,37,42H,1,4,16-23H2,2-3,5-10H3,(H,43,44)/b36-31+/t26-,27+,32+,33+,34-,35?,37+,39+,40+,41+/m1/s1. The molecule has 5 rings (SSSR count). The van der Waals surface area contributed by atoms with Crippen molar-refractivity contribution in [2.75, 3.05) is 0 Å². The smallest absolute Gasteiger partial charge is 0.331 e. The molecule has 10 atom stereocenters. The predicted octanol–water partition coefficient (Wildman–Crippen LogP) is 10.1. The minimum absolute atomic E-state index is 0.0497. The first-order valence-electron chi connectivity index (χ1n) is 17.4. The fourth-order valence-corrected chi connectivity index (χ4v) is 11.3. The summed E-state index contributed by atoms with van der Waals surface area (Å²) in [5, 5.41) is 23.1. The summed E-state index contributed by atoms with van der Waals surface area (Å²) in [6.07, 6.45) is 8.06. The number of rotatable bonds is 8. The first-order valence-corrected chi connectivity index (χ1v) is 17.4. The van der Waals surface area contributed by atoms with Crippen LogP contribution in [0.4, 0.5) is 0 Å². The third kappa shape index (κ3) is 5.47. The molecule has 0 amide bonds. The molecule has 0 bridgehead atoms. The summed E-state index contributed by atoms with van der Waals surface area (Å²) in [7, 11) is 0. The van der Waals surface area contributed by atoms with Gasteiger partial charge in [0.2, 0.25) is 0 Å². The molecule has 0 saturated heterocycles. The molecule has 1 aromatic rings. The number of aliphatic carboxylic acids is 1. The molecule has 0 heterocycles. The van der Waals surface area contributed by atoms with E-state index in [-0.39, 0.29) is 34.2 Å². The van der Waals surface area contributed by atoms with Gasteiger partial charge in [0.15, 0.2) is 0 Å². The van der Waals surface area contributed by atoms with Gasteiger partial charge in [0.25, 0.3) is 0 Å². The van der Waals surface area contributed by atoms with E-state index in [0.717, 1.165) is 41.9 Å². The lowest BCUT2D eigenvalue weighted by molar-refractivity contribution is -0.229. The molecule has 4 heteroatoms. The van der Waals surface area contributed by atoms with Gasteiger partial charge in [-0.2, -0.15) is 0 Å². The minimum Gasteiger partial charge on any atom is -0.491 e. The summed E-state index contributed by atoms with van der Waals surface area (Å²) in [6.45, 7) is 26.2. The summed E-state index contributed by atoms with van der Waals surface area (Å²) < 4.78 is 6.48. The zero-order valence-electron chi connectivity index (χ0n) is 29.2. The highest BCUT2D eigenvalue weighted by Crippen LogP contribution is 2.74. The highest BCUT2D eigenvalue weighted by molar-refractivity contribution is 5.88. The Kier molecular flexibility index (Phi) is 9.16. The Labute approximate surface area is 272 Å². The topological polar surface area (TPSA) is 66.8 Å². The Hall–Kier alpha value is -2.59. The van der Waals surface area contributed by atoms with Crippen LogP contribution in [0.3, 0.4) is 0 Å². The molecule has 4 aliphatic rings. The quantitative estimate of drug-likeness (QED) is 0.226. The van der Waals surface area contributed by atoms with Crippen LogP contribution < -0.4 is 0 Å². The second-order valence-electron chi connectivity index (χ2n) is 16.3. The molecule has 45 heavy (non-hydrogen) atoms. The van der Waals surface area contributed by atoms with Crippen LogP contribution in [0.2, 0.25) is 0 Å². The molecular weight excluding hydrogens is 556 g/mol. The molecule has 4 nitrogen and oxygen atoms in total. The van der Waals surface area contributed by atoms with Gasteiger partial charge >= 0.3 is 5.97 Å². The lowest BCUT2D eigenvalue weighted by atomic mass is 9.36. The Balaban J connectivity index is 1.57.